The summed E-state index contributed by atoms with van der Waals surface area (Å²) in [6.07, 6.45) is 1.86. The summed E-state index contributed by atoms with van der Waals surface area (Å²) < 4.78 is 4.02. The van der Waals surface area contributed by atoms with Gasteiger partial charge < -0.3 is 15.2 Å². The zero-order valence-corrected chi connectivity index (χ0v) is 18.0. The third-order valence-electron chi connectivity index (χ3n) is 4.67. The number of aromatic nitrogens is 1. The summed E-state index contributed by atoms with van der Waals surface area (Å²) in [5, 5.41) is 16.7. The molecule has 0 amide bonds. The number of hydrogen-bond acceptors (Lipinski definition) is 6. The van der Waals surface area contributed by atoms with E-state index in [2.05, 4.69) is 36.5 Å². The van der Waals surface area contributed by atoms with Gasteiger partial charge in [0.2, 0.25) is 0 Å². The number of amidine groups is 1. The van der Waals surface area contributed by atoms with Crippen molar-refractivity contribution < 1.29 is 14.6 Å². The van der Waals surface area contributed by atoms with Crippen LogP contribution in [-0.2, 0) is 14.0 Å². The van der Waals surface area contributed by atoms with E-state index in [0.29, 0.717) is 12.3 Å². The summed E-state index contributed by atoms with van der Waals surface area (Å²) in [6.45, 7) is 1.94. The van der Waals surface area contributed by atoms with E-state index in [1.54, 1.807) is 13.1 Å². The molecule has 0 spiro atoms. The maximum atomic E-state index is 11.8. The predicted molar refractivity (Wildman–Crippen MR) is 116 cm³/mol. The van der Waals surface area contributed by atoms with Gasteiger partial charge in [0.25, 0.3) is 0 Å². The first-order valence-electron chi connectivity index (χ1n) is 9.48. The van der Waals surface area contributed by atoms with E-state index in [-0.39, 0.29) is 25.0 Å². The van der Waals surface area contributed by atoms with Crippen LogP contribution in [0.4, 0.5) is 5.69 Å². The zero-order valence-electron chi connectivity index (χ0n) is 16.4. The minimum Gasteiger partial charge on any atom is -0.469 e. The number of methoxy groups -OCH3 is 1. The number of pyridine rings is 1. The Balaban J connectivity index is 2.06. The number of carbonyl (C=O) groups is 1. The molecule has 3 atom stereocenters. The molecule has 1 aliphatic rings. The molecule has 154 valence electrons. The van der Waals surface area contributed by atoms with Crippen LogP contribution >= 0.6 is 15.9 Å². The summed E-state index contributed by atoms with van der Waals surface area (Å²) in [5.41, 5.74) is 2.60. The number of anilines is 1. The number of nitrogens with zero attached hydrogens (tertiary/aromatic N) is 2. The second kappa shape index (κ2) is 9.47. The van der Waals surface area contributed by atoms with E-state index >= 15 is 0 Å². The molecule has 0 fully saturated rings. The molecule has 0 bridgehead atoms. The molecule has 0 saturated heterocycles. The minimum absolute atomic E-state index is 0.227. The van der Waals surface area contributed by atoms with Crippen LogP contribution in [0.15, 0.2) is 53.7 Å². The first-order chi connectivity index (χ1) is 13.9. The van der Waals surface area contributed by atoms with Crippen LogP contribution in [0.25, 0.3) is 0 Å². The number of para-hydroxylation sites is 1. The van der Waals surface area contributed by atoms with Crippen LogP contribution in [0.5, 0.6) is 0 Å². The number of ether oxygens (including phenoxy) is 1. The summed E-state index contributed by atoms with van der Waals surface area (Å²) in [6, 6.07) is 13.3. The van der Waals surface area contributed by atoms with Gasteiger partial charge in [-0.25, -0.2) is 0 Å². The average molecular weight is 461 g/mol. The highest BCUT2D eigenvalue weighted by molar-refractivity contribution is 9.09. The lowest BCUT2D eigenvalue weighted by Gasteiger charge is -2.31. The van der Waals surface area contributed by atoms with Gasteiger partial charge in [-0.3, -0.25) is 20.1 Å². The SMILES string of the molecule is COC(=O)CCC1NC(Br)(c2ccccn2)c2ccccc2NC1=NC[C@H](C)O. The minimum atomic E-state index is -0.791. The number of carbonyl (C=O) groups excluding carboxylic acids is 1. The van der Waals surface area contributed by atoms with Gasteiger partial charge in [-0.1, -0.05) is 40.2 Å². The average Bonchev–Trinajstić information content (AvgIpc) is 2.86. The van der Waals surface area contributed by atoms with Crippen molar-refractivity contribution in [3.05, 3.63) is 59.9 Å². The molecule has 3 N–H and O–H groups in total. The Morgan fingerprint density at radius 1 is 1.34 bits per heavy atom. The lowest BCUT2D eigenvalue weighted by molar-refractivity contribution is -0.140. The van der Waals surface area contributed by atoms with Gasteiger partial charge in [0, 0.05) is 23.9 Å². The van der Waals surface area contributed by atoms with Gasteiger partial charge in [0.15, 0.2) is 0 Å². The molecule has 1 aromatic carbocycles. The highest BCUT2D eigenvalue weighted by Gasteiger charge is 2.40. The molecule has 8 heteroatoms. The van der Waals surface area contributed by atoms with Crippen molar-refractivity contribution in [2.24, 2.45) is 4.99 Å². The fourth-order valence-corrected chi connectivity index (χ4v) is 4.09. The topological polar surface area (TPSA) is 95.8 Å². The maximum absolute atomic E-state index is 11.8. The first-order valence-corrected chi connectivity index (χ1v) is 10.3. The Kier molecular flexibility index (Phi) is 7.00. The lowest BCUT2D eigenvalue weighted by Crippen LogP contribution is -2.48. The Morgan fingerprint density at radius 2 is 2.10 bits per heavy atom. The van der Waals surface area contributed by atoms with Crippen molar-refractivity contribution in [1.82, 2.24) is 10.3 Å². The maximum Gasteiger partial charge on any atom is 0.305 e. The van der Waals surface area contributed by atoms with E-state index < -0.39 is 10.6 Å². The van der Waals surface area contributed by atoms with E-state index in [9.17, 15) is 9.90 Å². The number of alkyl halides is 1. The molecule has 1 aliphatic heterocycles. The fraction of sp³-hybridized carbons (Fsp3) is 0.381. The predicted octanol–water partition coefficient (Wildman–Crippen LogP) is 2.79. The number of fused-ring (bicyclic) bond motifs is 1. The van der Waals surface area contributed by atoms with Gasteiger partial charge in [0.1, 0.15) is 10.3 Å². The molecule has 2 aromatic rings. The summed E-state index contributed by atoms with van der Waals surface area (Å²) in [7, 11) is 1.38. The van der Waals surface area contributed by atoms with Crippen LogP contribution in [0.2, 0.25) is 0 Å². The molecule has 29 heavy (non-hydrogen) atoms. The fourth-order valence-electron chi connectivity index (χ4n) is 3.24. The lowest BCUT2D eigenvalue weighted by atomic mass is 10.00. The number of aliphatic hydroxyl groups excluding tert-OH is 1. The number of hydrogen-bond donors (Lipinski definition) is 3. The van der Waals surface area contributed by atoms with Crippen molar-refractivity contribution in [2.75, 3.05) is 19.0 Å². The number of rotatable bonds is 6. The standard InChI is InChI=1S/C21H25BrN4O3/c1-14(27)13-24-20-17(10-11-19(28)29-2)26-21(22,18-9-5-6-12-23-18)15-7-3-4-8-16(15)25-20/h3-9,12,14,17,26-27H,10-11,13H2,1-2H3,(H,24,25)/t14-,17?,21?/m0/s1. The molecule has 2 heterocycles. The van der Waals surface area contributed by atoms with Crippen LogP contribution in [0.3, 0.4) is 0 Å². The zero-order chi connectivity index (χ0) is 20.9. The number of aliphatic imine (C=N–C) groups is 1. The quantitative estimate of drug-likeness (QED) is 0.348. The summed E-state index contributed by atoms with van der Waals surface area (Å²) >= 11 is 3.89. The highest BCUT2D eigenvalue weighted by atomic mass is 79.9. The number of halogens is 1. The van der Waals surface area contributed by atoms with Gasteiger partial charge >= 0.3 is 5.97 Å². The van der Waals surface area contributed by atoms with Crippen molar-refractivity contribution >= 4 is 33.4 Å². The smallest absolute Gasteiger partial charge is 0.305 e. The molecule has 2 unspecified atom stereocenters. The Labute approximate surface area is 178 Å². The largest absolute Gasteiger partial charge is 0.469 e. The third-order valence-corrected chi connectivity index (χ3v) is 5.73. The Morgan fingerprint density at radius 3 is 2.79 bits per heavy atom. The number of aliphatic hydroxyl groups is 1. The molecule has 3 rings (SSSR count). The highest BCUT2D eigenvalue weighted by Crippen LogP contribution is 2.41. The number of esters is 1. The van der Waals surface area contributed by atoms with E-state index in [1.165, 1.54) is 7.11 Å². The summed E-state index contributed by atoms with van der Waals surface area (Å²) in [5.74, 6) is 0.362. The molecule has 7 nitrogen and oxygen atoms in total. The van der Waals surface area contributed by atoms with E-state index in [1.807, 2.05) is 42.5 Å². The summed E-state index contributed by atoms with van der Waals surface area (Å²) in [4.78, 5) is 20.9. The van der Waals surface area contributed by atoms with Gasteiger partial charge in [-0.15, -0.1) is 0 Å². The van der Waals surface area contributed by atoms with Crippen LogP contribution in [-0.4, -0.2) is 47.7 Å². The molecular weight excluding hydrogens is 436 g/mol. The van der Waals surface area contributed by atoms with Gasteiger partial charge in [-0.2, -0.15) is 0 Å². The third kappa shape index (κ3) is 5.01. The Hall–Kier alpha value is -2.29. The van der Waals surface area contributed by atoms with Crippen LogP contribution < -0.4 is 10.6 Å². The monoisotopic (exact) mass is 460 g/mol. The van der Waals surface area contributed by atoms with Crippen molar-refractivity contribution in [1.29, 1.82) is 0 Å². The van der Waals surface area contributed by atoms with Gasteiger partial charge in [-0.05, 0) is 31.5 Å². The Bertz CT molecular complexity index is 875. The second-order valence-electron chi connectivity index (χ2n) is 6.93. The molecule has 1 aromatic heterocycles. The molecular formula is C21H25BrN4O3. The van der Waals surface area contributed by atoms with Crippen LogP contribution in [0, 0.1) is 0 Å². The number of nitrogens with one attached hydrogen (secondary N) is 2. The second-order valence-corrected chi connectivity index (χ2v) is 8.12. The van der Waals surface area contributed by atoms with E-state index in [0.717, 1.165) is 16.9 Å². The first kappa shape index (κ1) is 21.4. The normalized spacial score (nSPS) is 23.6. The van der Waals surface area contributed by atoms with Gasteiger partial charge in [0.05, 0.1) is 31.5 Å². The molecule has 0 saturated carbocycles. The van der Waals surface area contributed by atoms with Crippen molar-refractivity contribution in [2.45, 2.75) is 36.4 Å². The van der Waals surface area contributed by atoms with Crippen molar-refractivity contribution in [3.63, 3.8) is 0 Å². The van der Waals surface area contributed by atoms with Crippen molar-refractivity contribution in [3.8, 4) is 0 Å². The number of benzene rings is 1. The van der Waals surface area contributed by atoms with Crippen LogP contribution in [0.1, 0.15) is 31.0 Å². The molecule has 0 aliphatic carbocycles. The van der Waals surface area contributed by atoms with E-state index in [4.69, 9.17) is 4.74 Å². The molecule has 0 radical (unpaired) electrons.